The van der Waals surface area contributed by atoms with Gasteiger partial charge in [-0.15, -0.1) is 10.2 Å². The first kappa shape index (κ1) is 15.3. The number of anilines is 1. The number of nitrogens with zero attached hydrogens (tertiary/aromatic N) is 2. The molecule has 0 saturated carbocycles. The van der Waals surface area contributed by atoms with Crippen LogP contribution in [0, 0.1) is 5.92 Å². The molecule has 0 aliphatic heterocycles. The predicted molar refractivity (Wildman–Crippen MR) is 86.6 cm³/mol. The van der Waals surface area contributed by atoms with Gasteiger partial charge in [-0.1, -0.05) is 55.8 Å². The first-order chi connectivity index (χ1) is 9.58. The van der Waals surface area contributed by atoms with Crippen LogP contribution >= 0.6 is 22.9 Å². The van der Waals surface area contributed by atoms with Crippen LogP contribution in [0.15, 0.2) is 24.3 Å². The maximum Gasteiger partial charge on any atom is 0.206 e. The molecule has 1 aromatic heterocycles. The summed E-state index contributed by atoms with van der Waals surface area (Å²) in [4.78, 5) is 0. The first-order valence-corrected chi connectivity index (χ1v) is 8.12. The fraction of sp³-hybridized carbons (Fsp3) is 0.467. The van der Waals surface area contributed by atoms with E-state index in [2.05, 4.69) is 48.4 Å². The number of benzene rings is 1. The van der Waals surface area contributed by atoms with Crippen LogP contribution in [0.3, 0.4) is 0 Å². The maximum absolute atomic E-state index is 5.93. The van der Waals surface area contributed by atoms with Crippen LogP contribution in [0.5, 0.6) is 0 Å². The Labute approximate surface area is 129 Å². The SMILES string of the molecule is CCC(Nc1nnc(CC(C)C)s1)c1ccc(Cl)cc1. The van der Waals surface area contributed by atoms with E-state index in [1.165, 1.54) is 5.56 Å². The molecule has 1 unspecified atom stereocenters. The Balaban J connectivity index is 2.06. The first-order valence-electron chi connectivity index (χ1n) is 6.93. The van der Waals surface area contributed by atoms with Gasteiger partial charge in [-0.2, -0.15) is 0 Å². The minimum atomic E-state index is 0.243. The molecule has 0 saturated heterocycles. The summed E-state index contributed by atoms with van der Waals surface area (Å²) < 4.78 is 0. The number of hydrogen-bond donors (Lipinski definition) is 1. The summed E-state index contributed by atoms with van der Waals surface area (Å²) >= 11 is 7.57. The second-order valence-corrected chi connectivity index (χ2v) is 6.75. The summed E-state index contributed by atoms with van der Waals surface area (Å²) in [5.41, 5.74) is 1.22. The molecule has 0 fully saturated rings. The number of nitrogens with one attached hydrogen (secondary N) is 1. The van der Waals surface area contributed by atoms with E-state index in [0.717, 1.165) is 28.0 Å². The van der Waals surface area contributed by atoms with Gasteiger partial charge in [0.05, 0.1) is 6.04 Å². The summed E-state index contributed by atoms with van der Waals surface area (Å²) in [6.45, 7) is 6.54. The highest BCUT2D eigenvalue weighted by Gasteiger charge is 2.12. The van der Waals surface area contributed by atoms with Crippen molar-refractivity contribution in [2.24, 2.45) is 5.92 Å². The van der Waals surface area contributed by atoms with Crippen molar-refractivity contribution in [3.63, 3.8) is 0 Å². The zero-order valence-electron chi connectivity index (χ0n) is 12.1. The van der Waals surface area contributed by atoms with Crippen molar-refractivity contribution in [3.8, 4) is 0 Å². The topological polar surface area (TPSA) is 37.8 Å². The molecule has 108 valence electrons. The van der Waals surface area contributed by atoms with Crippen LogP contribution < -0.4 is 5.32 Å². The molecule has 0 spiro atoms. The maximum atomic E-state index is 5.93. The third-order valence-corrected chi connectivity index (χ3v) is 4.16. The Morgan fingerprint density at radius 1 is 1.20 bits per heavy atom. The summed E-state index contributed by atoms with van der Waals surface area (Å²) in [5.74, 6) is 0.606. The molecule has 1 aromatic carbocycles. The molecule has 2 rings (SSSR count). The van der Waals surface area contributed by atoms with Gasteiger partial charge in [0, 0.05) is 11.4 Å². The van der Waals surface area contributed by atoms with E-state index >= 15 is 0 Å². The molecule has 20 heavy (non-hydrogen) atoms. The number of halogens is 1. The van der Waals surface area contributed by atoms with E-state index in [9.17, 15) is 0 Å². The fourth-order valence-electron chi connectivity index (χ4n) is 2.01. The summed E-state index contributed by atoms with van der Waals surface area (Å²) in [6, 6.07) is 8.20. The molecule has 1 N–H and O–H groups in total. The summed E-state index contributed by atoms with van der Waals surface area (Å²) in [7, 11) is 0. The van der Waals surface area contributed by atoms with Crippen molar-refractivity contribution in [2.45, 2.75) is 39.7 Å². The van der Waals surface area contributed by atoms with Crippen LogP contribution in [-0.4, -0.2) is 10.2 Å². The van der Waals surface area contributed by atoms with Gasteiger partial charge in [0.15, 0.2) is 0 Å². The zero-order valence-corrected chi connectivity index (χ0v) is 13.6. The molecular formula is C15H20ClN3S. The average molecular weight is 310 g/mol. The van der Waals surface area contributed by atoms with E-state index in [0.29, 0.717) is 5.92 Å². The number of hydrogen-bond acceptors (Lipinski definition) is 4. The Morgan fingerprint density at radius 2 is 1.90 bits per heavy atom. The van der Waals surface area contributed by atoms with Gasteiger partial charge in [-0.25, -0.2) is 0 Å². The highest BCUT2D eigenvalue weighted by atomic mass is 35.5. The van der Waals surface area contributed by atoms with Gasteiger partial charge in [-0.05, 0) is 30.0 Å². The van der Waals surface area contributed by atoms with E-state index in [-0.39, 0.29) is 6.04 Å². The van der Waals surface area contributed by atoms with Crippen LogP contribution in [-0.2, 0) is 6.42 Å². The largest absolute Gasteiger partial charge is 0.353 e. The van der Waals surface area contributed by atoms with Crippen LogP contribution in [0.25, 0.3) is 0 Å². The highest BCUT2D eigenvalue weighted by molar-refractivity contribution is 7.15. The molecule has 0 aliphatic carbocycles. The molecule has 0 aliphatic rings. The average Bonchev–Trinajstić information content (AvgIpc) is 2.83. The lowest BCUT2D eigenvalue weighted by Crippen LogP contribution is -2.09. The van der Waals surface area contributed by atoms with Crippen molar-refractivity contribution < 1.29 is 0 Å². The number of rotatable bonds is 6. The van der Waals surface area contributed by atoms with Crippen LogP contribution in [0.4, 0.5) is 5.13 Å². The fourth-order valence-corrected chi connectivity index (χ4v) is 3.14. The molecule has 5 heteroatoms. The zero-order chi connectivity index (χ0) is 14.5. The quantitative estimate of drug-likeness (QED) is 0.820. The Bertz CT molecular complexity index is 536. The summed E-state index contributed by atoms with van der Waals surface area (Å²) in [6.07, 6.45) is 1.97. The Hall–Kier alpha value is -1.13. The normalized spacial score (nSPS) is 12.7. The second-order valence-electron chi connectivity index (χ2n) is 5.26. The smallest absolute Gasteiger partial charge is 0.206 e. The van der Waals surface area contributed by atoms with E-state index in [1.54, 1.807) is 11.3 Å². The molecule has 0 bridgehead atoms. The monoisotopic (exact) mass is 309 g/mol. The standard InChI is InChI=1S/C15H20ClN3S/c1-4-13(11-5-7-12(16)8-6-11)17-15-19-18-14(20-15)9-10(2)3/h5-8,10,13H,4,9H2,1-3H3,(H,17,19). The molecule has 0 amide bonds. The number of aromatic nitrogens is 2. The molecule has 3 nitrogen and oxygen atoms in total. The second kappa shape index (κ2) is 7.04. The lowest BCUT2D eigenvalue weighted by atomic mass is 10.1. The van der Waals surface area contributed by atoms with Gasteiger partial charge in [0.2, 0.25) is 5.13 Å². The highest BCUT2D eigenvalue weighted by Crippen LogP contribution is 2.26. The lowest BCUT2D eigenvalue weighted by Gasteiger charge is -2.16. The van der Waals surface area contributed by atoms with E-state index < -0.39 is 0 Å². The van der Waals surface area contributed by atoms with E-state index in [4.69, 9.17) is 11.6 Å². The third kappa shape index (κ3) is 4.18. The Kier molecular flexibility index (Phi) is 5.38. The van der Waals surface area contributed by atoms with Crippen molar-refractivity contribution in [1.82, 2.24) is 10.2 Å². The lowest BCUT2D eigenvalue weighted by molar-refractivity contribution is 0.639. The Morgan fingerprint density at radius 3 is 2.50 bits per heavy atom. The van der Waals surface area contributed by atoms with Crippen LogP contribution in [0.1, 0.15) is 43.8 Å². The molecule has 0 radical (unpaired) electrons. The molecule has 1 heterocycles. The predicted octanol–water partition coefficient (Wildman–Crippen LogP) is 4.95. The van der Waals surface area contributed by atoms with Gasteiger partial charge in [0.1, 0.15) is 5.01 Å². The molecule has 1 atom stereocenters. The van der Waals surface area contributed by atoms with Crippen molar-refractivity contribution in [2.75, 3.05) is 5.32 Å². The van der Waals surface area contributed by atoms with Crippen molar-refractivity contribution in [3.05, 3.63) is 39.9 Å². The van der Waals surface area contributed by atoms with Gasteiger partial charge < -0.3 is 5.32 Å². The minimum absolute atomic E-state index is 0.243. The van der Waals surface area contributed by atoms with Crippen molar-refractivity contribution in [1.29, 1.82) is 0 Å². The van der Waals surface area contributed by atoms with Crippen molar-refractivity contribution >= 4 is 28.1 Å². The van der Waals surface area contributed by atoms with Gasteiger partial charge in [-0.3, -0.25) is 0 Å². The molecular weight excluding hydrogens is 290 g/mol. The van der Waals surface area contributed by atoms with E-state index in [1.807, 2.05) is 12.1 Å². The van der Waals surface area contributed by atoms with Gasteiger partial charge >= 0.3 is 0 Å². The van der Waals surface area contributed by atoms with Crippen LogP contribution in [0.2, 0.25) is 5.02 Å². The minimum Gasteiger partial charge on any atom is -0.353 e. The summed E-state index contributed by atoms with van der Waals surface area (Å²) in [5, 5.41) is 14.7. The van der Waals surface area contributed by atoms with Gasteiger partial charge in [0.25, 0.3) is 0 Å². The molecule has 2 aromatic rings. The third-order valence-electron chi connectivity index (χ3n) is 3.03.